The largest absolute Gasteiger partial charge is 3.00 e. The van der Waals surface area contributed by atoms with E-state index in [1.807, 2.05) is 0 Å². The Labute approximate surface area is 119 Å². The van der Waals surface area contributed by atoms with Crippen molar-refractivity contribution in [1.82, 2.24) is 0 Å². The second-order valence-corrected chi connectivity index (χ2v) is 2.66. The van der Waals surface area contributed by atoms with Crippen molar-refractivity contribution in [2.24, 2.45) is 0 Å². The van der Waals surface area contributed by atoms with E-state index >= 15 is 0 Å². The van der Waals surface area contributed by atoms with Gasteiger partial charge in [0, 0.05) is 0 Å². The van der Waals surface area contributed by atoms with Crippen molar-refractivity contribution in [1.29, 1.82) is 0 Å². The van der Waals surface area contributed by atoms with E-state index < -0.39 is 0 Å². The van der Waals surface area contributed by atoms with Crippen LogP contribution in [0, 0.1) is 6.08 Å². The number of allylic oxidation sites excluding steroid dienone is 1. The Hall–Kier alpha value is 0.803. The van der Waals surface area contributed by atoms with Gasteiger partial charge in [-0.1, -0.05) is 31.0 Å². The topological polar surface area (TPSA) is 0 Å². The molecule has 0 aromatic heterocycles. The van der Waals surface area contributed by atoms with E-state index in [9.17, 15) is 0 Å². The third-order valence-corrected chi connectivity index (χ3v) is 1.95. The third-order valence-electron chi connectivity index (χ3n) is 1.95. The minimum absolute atomic E-state index is 0. The average Bonchev–Trinajstić information content (AvgIpc) is 2.34. The molecule has 67 valence electrons. The first kappa shape index (κ1) is 16.2. The smallest absolute Gasteiger partial charge is 1.00 e. The zero-order valence-corrected chi connectivity index (χ0v) is 12.9. The molecule has 1 aromatic carbocycles. The zero-order chi connectivity index (χ0) is 6.97. The van der Waals surface area contributed by atoms with E-state index in [2.05, 4.69) is 43.3 Å². The van der Waals surface area contributed by atoms with E-state index in [1.165, 1.54) is 11.1 Å². The molecule has 3 heteroatoms. The molecule has 1 aliphatic rings. The summed E-state index contributed by atoms with van der Waals surface area (Å²) in [5.74, 6) is 0.496. The standard InChI is InChI=1S/C10H9.2BrH.Zr/c1-8-6-7-9-4-2-3-5-10(8)9;;;/h2-5,7-8H,1H3;2*1H;/q-1;;;+3/p-2. The van der Waals surface area contributed by atoms with Crippen LogP contribution >= 0.6 is 0 Å². The number of hydrogen-bond acceptors (Lipinski definition) is 0. The van der Waals surface area contributed by atoms with Gasteiger partial charge in [0.05, 0.1) is 0 Å². The molecular weight excluding hydrogens is 371 g/mol. The Kier molecular flexibility index (Phi) is 8.92. The molecule has 0 heterocycles. The number of rotatable bonds is 0. The summed E-state index contributed by atoms with van der Waals surface area (Å²) in [6.07, 6.45) is 5.33. The van der Waals surface area contributed by atoms with Crippen molar-refractivity contribution in [3.63, 3.8) is 0 Å². The normalized spacial score (nSPS) is 16.2. The first-order valence-corrected chi connectivity index (χ1v) is 3.56. The molecule has 0 N–H and O–H groups in total. The van der Waals surface area contributed by atoms with Crippen LogP contribution in [0.15, 0.2) is 24.3 Å². The van der Waals surface area contributed by atoms with E-state index in [0.29, 0.717) is 5.92 Å². The molecule has 0 spiro atoms. The van der Waals surface area contributed by atoms with Crippen LogP contribution < -0.4 is 34.0 Å². The van der Waals surface area contributed by atoms with E-state index in [-0.39, 0.29) is 60.2 Å². The molecular formula is C10H9Br2Zr. The third kappa shape index (κ3) is 3.45. The van der Waals surface area contributed by atoms with Gasteiger partial charge in [-0.2, -0.15) is 5.56 Å². The fourth-order valence-electron chi connectivity index (χ4n) is 1.34. The van der Waals surface area contributed by atoms with Gasteiger partial charge in [0.25, 0.3) is 0 Å². The van der Waals surface area contributed by atoms with Crippen LogP contribution in [0.5, 0.6) is 0 Å². The van der Waals surface area contributed by atoms with Gasteiger partial charge in [-0.25, -0.2) is 6.08 Å². The summed E-state index contributed by atoms with van der Waals surface area (Å²) in [4.78, 5) is 0. The van der Waals surface area contributed by atoms with Gasteiger partial charge in [-0.05, 0) is 0 Å². The molecule has 0 aliphatic heterocycles. The number of fused-ring (bicyclic) bond motifs is 1. The number of benzene rings is 1. The minimum Gasteiger partial charge on any atom is -1.00 e. The number of hydrogen-bond donors (Lipinski definition) is 0. The van der Waals surface area contributed by atoms with Gasteiger partial charge in [-0.3, -0.25) is 6.08 Å². The van der Waals surface area contributed by atoms with Crippen LogP contribution in [0.4, 0.5) is 0 Å². The maximum absolute atomic E-state index is 3.26. The van der Waals surface area contributed by atoms with Gasteiger partial charge in [-0.15, -0.1) is 11.6 Å². The van der Waals surface area contributed by atoms with Crippen molar-refractivity contribution in [3.8, 4) is 0 Å². The van der Waals surface area contributed by atoms with E-state index in [0.717, 1.165) is 0 Å². The summed E-state index contributed by atoms with van der Waals surface area (Å²) in [5.41, 5.74) is 2.73. The average molecular weight is 380 g/mol. The molecule has 1 atom stereocenters. The summed E-state index contributed by atoms with van der Waals surface area (Å²) in [6, 6.07) is 8.44. The van der Waals surface area contributed by atoms with Crippen molar-refractivity contribution in [2.45, 2.75) is 12.8 Å². The first-order valence-electron chi connectivity index (χ1n) is 3.56. The quantitative estimate of drug-likeness (QED) is 0.413. The van der Waals surface area contributed by atoms with Crippen LogP contribution in [0.1, 0.15) is 24.0 Å². The fraction of sp³-hybridized carbons (Fsp3) is 0.200. The van der Waals surface area contributed by atoms with Crippen molar-refractivity contribution in [3.05, 3.63) is 41.5 Å². The summed E-state index contributed by atoms with van der Waals surface area (Å²) in [6.45, 7) is 2.17. The summed E-state index contributed by atoms with van der Waals surface area (Å²) >= 11 is 0. The Morgan fingerprint density at radius 1 is 1.15 bits per heavy atom. The molecule has 1 aliphatic carbocycles. The Morgan fingerprint density at radius 2 is 1.77 bits per heavy atom. The minimum atomic E-state index is 0. The second kappa shape index (κ2) is 7.14. The molecule has 0 saturated carbocycles. The van der Waals surface area contributed by atoms with Crippen LogP contribution in [-0.2, 0) is 26.2 Å². The summed E-state index contributed by atoms with van der Waals surface area (Å²) in [7, 11) is 0. The molecule has 0 amide bonds. The van der Waals surface area contributed by atoms with Crippen molar-refractivity contribution < 1.29 is 60.2 Å². The van der Waals surface area contributed by atoms with Gasteiger partial charge in [0.1, 0.15) is 0 Å². The Morgan fingerprint density at radius 3 is 2.38 bits per heavy atom. The molecule has 1 aromatic rings. The van der Waals surface area contributed by atoms with Gasteiger partial charge >= 0.3 is 26.2 Å². The van der Waals surface area contributed by atoms with Crippen LogP contribution in [-0.4, -0.2) is 0 Å². The molecule has 0 fully saturated rings. The summed E-state index contributed by atoms with van der Waals surface area (Å²) < 4.78 is 0. The van der Waals surface area contributed by atoms with E-state index in [1.54, 1.807) is 0 Å². The van der Waals surface area contributed by atoms with Crippen LogP contribution in [0.2, 0.25) is 0 Å². The summed E-state index contributed by atoms with van der Waals surface area (Å²) in [5, 5.41) is 0. The SMILES string of the molecule is CC1[C-]=Cc2ccccc21.[Br-].[Br-].[Zr+3]. The predicted molar refractivity (Wildman–Crippen MR) is 42.6 cm³/mol. The Bertz CT molecular complexity index is 284. The van der Waals surface area contributed by atoms with Gasteiger partial charge < -0.3 is 34.0 Å². The van der Waals surface area contributed by atoms with E-state index in [4.69, 9.17) is 0 Å². The number of halogens is 2. The van der Waals surface area contributed by atoms with Gasteiger partial charge in [0.2, 0.25) is 0 Å². The molecule has 1 radical (unpaired) electrons. The van der Waals surface area contributed by atoms with Crippen molar-refractivity contribution in [2.75, 3.05) is 0 Å². The Balaban J connectivity index is 0. The molecule has 0 nitrogen and oxygen atoms in total. The zero-order valence-electron chi connectivity index (χ0n) is 7.22. The van der Waals surface area contributed by atoms with Crippen molar-refractivity contribution >= 4 is 6.08 Å². The van der Waals surface area contributed by atoms with Crippen LogP contribution in [0.3, 0.4) is 0 Å². The molecule has 0 bridgehead atoms. The fourth-order valence-corrected chi connectivity index (χ4v) is 1.34. The van der Waals surface area contributed by atoms with Crippen LogP contribution in [0.25, 0.3) is 6.08 Å². The molecule has 13 heavy (non-hydrogen) atoms. The maximum Gasteiger partial charge on any atom is 3.00 e. The predicted octanol–water partition coefficient (Wildman–Crippen LogP) is -3.37. The molecule has 1 unspecified atom stereocenters. The molecule has 0 saturated heterocycles. The second-order valence-electron chi connectivity index (χ2n) is 2.66. The molecule has 2 rings (SSSR count). The monoisotopic (exact) mass is 377 g/mol. The maximum atomic E-state index is 3.26. The first-order chi connectivity index (χ1) is 4.88. The van der Waals surface area contributed by atoms with Gasteiger partial charge in [0.15, 0.2) is 0 Å².